The van der Waals surface area contributed by atoms with Gasteiger partial charge in [-0.3, -0.25) is 0 Å². The molecule has 0 N–H and O–H groups in total. The number of nitrogens with zero attached hydrogens (tertiary/aromatic N) is 2. The second kappa shape index (κ2) is 14.8. The molecule has 4 heteroatoms. The summed E-state index contributed by atoms with van der Waals surface area (Å²) in [5.41, 5.74) is 16.6. The summed E-state index contributed by atoms with van der Waals surface area (Å²) in [4.78, 5) is 0. The molecule has 0 spiro atoms. The van der Waals surface area contributed by atoms with E-state index in [1.165, 1.54) is 103 Å². The average Bonchev–Trinajstić information content (AvgIpc) is 4.01. The van der Waals surface area contributed by atoms with Crippen LogP contribution in [0, 0.1) is 0 Å². The predicted molar refractivity (Wildman–Crippen MR) is 277 cm³/mol. The summed E-state index contributed by atoms with van der Waals surface area (Å²) in [5, 5.41) is 7.56. The van der Waals surface area contributed by atoms with Gasteiger partial charge in [-0.1, -0.05) is 155 Å². The smallest absolute Gasteiger partial charge is 0.0555 e. The lowest BCUT2D eigenvalue weighted by Gasteiger charge is -2.14. The topological polar surface area (TPSA) is 9.86 Å². The van der Waals surface area contributed by atoms with Crippen LogP contribution in [-0.4, -0.2) is 9.13 Å². The highest BCUT2D eigenvalue weighted by Gasteiger charge is 2.19. The number of hydrogen-bond acceptors (Lipinski definition) is 1. The van der Waals surface area contributed by atoms with Gasteiger partial charge in [-0.25, -0.2) is 0 Å². The van der Waals surface area contributed by atoms with Crippen molar-refractivity contribution >= 4 is 91.1 Å². The number of para-hydroxylation sites is 2. The maximum absolute atomic E-state index is 3.91. The number of benzene rings is 10. The molecule has 0 aliphatic carbocycles. The molecule has 0 bridgehead atoms. The van der Waals surface area contributed by atoms with E-state index in [0.717, 1.165) is 21.3 Å². The SMILES string of the molecule is Brc1ccccc1-c1cc(-c2ccc3c(c2)c2ccccc2n3-c2cccc3sc4ccccc4c23)cc(-c2ccc3c4ccc(-c5ccccc5)cc4n(-c4ccccc4)c3c2)c1. The molecule has 0 aliphatic rings. The molecule has 3 heterocycles. The fourth-order valence-corrected chi connectivity index (χ4v) is 11.7. The second-order valence-electron chi connectivity index (χ2n) is 16.6. The Kier molecular flexibility index (Phi) is 8.58. The van der Waals surface area contributed by atoms with Gasteiger partial charge in [0.15, 0.2) is 0 Å². The Morgan fingerprint density at radius 2 is 0.875 bits per heavy atom. The molecule has 300 valence electrons. The van der Waals surface area contributed by atoms with Crippen molar-refractivity contribution < 1.29 is 0 Å². The molecule has 0 unspecified atom stereocenters. The van der Waals surface area contributed by atoms with Gasteiger partial charge in [0.25, 0.3) is 0 Å². The number of hydrogen-bond donors (Lipinski definition) is 0. The molecular weight excluding hydrogens is 861 g/mol. The summed E-state index contributed by atoms with van der Waals surface area (Å²) in [6.45, 7) is 0. The molecule has 0 aliphatic heterocycles. The standard InChI is InChI=1S/C60H37BrN2S/c61-52-21-10-7-18-46(52)44-33-42(39-28-31-54-51(35-39)47-19-8-11-22-53(47)63(54)55-23-13-25-59-60(55)50-20-9-12-24-58(50)64-59)32-43(34-44)41-27-30-49-48-29-26-40(38-14-3-1-4-15-38)36-56(48)62(57(49)37-41)45-16-5-2-6-17-45/h1-37H. The summed E-state index contributed by atoms with van der Waals surface area (Å²) >= 11 is 5.78. The van der Waals surface area contributed by atoms with Crippen molar-refractivity contribution in [2.75, 3.05) is 0 Å². The summed E-state index contributed by atoms with van der Waals surface area (Å²) in [6, 6.07) is 82.4. The van der Waals surface area contributed by atoms with E-state index in [1.54, 1.807) is 0 Å². The minimum atomic E-state index is 1.07. The Balaban J connectivity index is 1.02. The Hall–Kier alpha value is -7.50. The third-order valence-electron chi connectivity index (χ3n) is 13.0. The molecule has 0 fully saturated rings. The van der Waals surface area contributed by atoms with Crippen LogP contribution < -0.4 is 0 Å². The third kappa shape index (κ3) is 5.91. The highest BCUT2D eigenvalue weighted by Crippen LogP contribution is 2.44. The first kappa shape index (κ1) is 37.1. The number of fused-ring (bicyclic) bond motifs is 9. The number of aromatic nitrogens is 2. The summed E-state index contributed by atoms with van der Waals surface area (Å²) < 4.78 is 8.59. The van der Waals surface area contributed by atoms with Crippen LogP contribution in [0.15, 0.2) is 229 Å². The van der Waals surface area contributed by atoms with Gasteiger partial charge < -0.3 is 9.13 Å². The first-order chi connectivity index (χ1) is 31.6. The Bertz CT molecular complexity index is 3970. The lowest BCUT2D eigenvalue weighted by atomic mass is 9.92. The van der Waals surface area contributed by atoms with Crippen LogP contribution >= 0.6 is 27.3 Å². The number of rotatable bonds is 6. The van der Waals surface area contributed by atoms with E-state index < -0.39 is 0 Å². The zero-order chi connectivity index (χ0) is 42.3. The van der Waals surface area contributed by atoms with Crippen LogP contribution in [0.25, 0.3) is 120 Å². The van der Waals surface area contributed by atoms with E-state index in [4.69, 9.17) is 0 Å². The van der Waals surface area contributed by atoms with Crippen molar-refractivity contribution in [3.63, 3.8) is 0 Å². The van der Waals surface area contributed by atoms with Gasteiger partial charge in [0, 0.05) is 51.9 Å². The lowest BCUT2D eigenvalue weighted by molar-refractivity contribution is 1.18. The molecule has 0 atom stereocenters. The Morgan fingerprint density at radius 1 is 0.312 bits per heavy atom. The van der Waals surface area contributed by atoms with Gasteiger partial charge >= 0.3 is 0 Å². The van der Waals surface area contributed by atoms with Gasteiger partial charge in [-0.05, 0) is 129 Å². The van der Waals surface area contributed by atoms with Gasteiger partial charge in [-0.15, -0.1) is 11.3 Å². The van der Waals surface area contributed by atoms with E-state index in [0.29, 0.717) is 0 Å². The molecule has 3 aromatic heterocycles. The average molecular weight is 898 g/mol. The molecule has 0 amide bonds. The van der Waals surface area contributed by atoms with E-state index in [9.17, 15) is 0 Å². The van der Waals surface area contributed by atoms with Gasteiger partial charge in [0.1, 0.15) is 0 Å². The molecule has 0 radical (unpaired) electrons. The van der Waals surface area contributed by atoms with Crippen molar-refractivity contribution in [3.05, 3.63) is 229 Å². The predicted octanol–water partition coefficient (Wildman–Crippen LogP) is 17.7. The van der Waals surface area contributed by atoms with Crippen LogP contribution in [0.4, 0.5) is 0 Å². The van der Waals surface area contributed by atoms with E-state index in [2.05, 4.69) is 250 Å². The first-order valence-corrected chi connectivity index (χ1v) is 23.3. The van der Waals surface area contributed by atoms with E-state index in [-0.39, 0.29) is 0 Å². The highest BCUT2D eigenvalue weighted by molar-refractivity contribution is 9.10. The highest BCUT2D eigenvalue weighted by atomic mass is 79.9. The molecule has 10 aromatic carbocycles. The van der Waals surface area contributed by atoms with Gasteiger partial charge in [-0.2, -0.15) is 0 Å². The third-order valence-corrected chi connectivity index (χ3v) is 14.8. The molecule has 0 saturated carbocycles. The van der Waals surface area contributed by atoms with Crippen molar-refractivity contribution in [2.24, 2.45) is 0 Å². The largest absolute Gasteiger partial charge is 0.309 e. The zero-order valence-electron chi connectivity index (χ0n) is 34.5. The van der Waals surface area contributed by atoms with Crippen LogP contribution in [0.5, 0.6) is 0 Å². The van der Waals surface area contributed by atoms with Crippen molar-refractivity contribution in [2.45, 2.75) is 0 Å². The maximum Gasteiger partial charge on any atom is 0.0555 e. The number of thiophene rings is 1. The lowest BCUT2D eigenvalue weighted by Crippen LogP contribution is -1.94. The Labute approximate surface area is 382 Å². The Morgan fingerprint density at radius 3 is 1.64 bits per heavy atom. The molecule has 13 aromatic rings. The minimum absolute atomic E-state index is 1.07. The normalized spacial score (nSPS) is 11.8. The van der Waals surface area contributed by atoms with Crippen LogP contribution in [0.2, 0.25) is 0 Å². The molecule has 2 nitrogen and oxygen atoms in total. The van der Waals surface area contributed by atoms with Crippen LogP contribution in [0.3, 0.4) is 0 Å². The van der Waals surface area contributed by atoms with Crippen molar-refractivity contribution in [1.82, 2.24) is 9.13 Å². The first-order valence-electron chi connectivity index (χ1n) is 21.7. The van der Waals surface area contributed by atoms with Crippen LogP contribution in [0.1, 0.15) is 0 Å². The zero-order valence-corrected chi connectivity index (χ0v) is 36.9. The second-order valence-corrected chi connectivity index (χ2v) is 18.6. The number of halogens is 1. The monoisotopic (exact) mass is 896 g/mol. The summed E-state index contributed by atoms with van der Waals surface area (Å²) in [7, 11) is 0. The quantitative estimate of drug-likeness (QED) is 0.157. The van der Waals surface area contributed by atoms with E-state index >= 15 is 0 Å². The summed E-state index contributed by atoms with van der Waals surface area (Å²) in [5.74, 6) is 0. The minimum Gasteiger partial charge on any atom is -0.309 e. The summed E-state index contributed by atoms with van der Waals surface area (Å²) in [6.07, 6.45) is 0. The van der Waals surface area contributed by atoms with Crippen LogP contribution in [-0.2, 0) is 0 Å². The molecular formula is C60H37BrN2S. The maximum atomic E-state index is 3.91. The molecule has 0 saturated heterocycles. The van der Waals surface area contributed by atoms with Gasteiger partial charge in [0.05, 0.1) is 27.8 Å². The fraction of sp³-hybridized carbons (Fsp3) is 0. The molecule has 13 rings (SSSR count). The van der Waals surface area contributed by atoms with Gasteiger partial charge in [0.2, 0.25) is 0 Å². The van der Waals surface area contributed by atoms with Crippen molar-refractivity contribution in [3.8, 4) is 55.9 Å². The van der Waals surface area contributed by atoms with E-state index in [1.807, 2.05) is 11.3 Å². The molecule has 64 heavy (non-hydrogen) atoms. The van der Waals surface area contributed by atoms with Crippen molar-refractivity contribution in [1.29, 1.82) is 0 Å². The fourth-order valence-electron chi connectivity index (χ4n) is 10.0.